The second-order valence-corrected chi connectivity index (χ2v) is 5.57. The van der Waals surface area contributed by atoms with E-state index in [1.54, 1.807) is 0 Å². The minimum absolute atomic E-state index is 0.454. The molecule has 0 fully saturated rings. The average Bonchev–Trinajstić information content (AvgIpc) is 2.47. The third-order valence-electron chi connectivity index (χ3n) is 3.43. The van der Waals surface area contributed by atoms with Gasteiger partial charge in [0, 0.05) is 32.0 Å². The number of nitrogens with two attached hydrogens (primary N) is 1. The Hall–Kier alpha value is -2.49. The van der Waals surface area contributed by atoms with E-state index in [2.05, 4.69) is 52.5 Å². The maximum Gasteiger partial charge on any atom is 0.193 e. The van der Waals surface area contributed by atoms with Crippen LogP contribution in [0.15, 0.2) is 53.5 Å². The number of guanidine groups is 1. The summed E-state index contributed by atoms with van der Waals surface area (Å²) in [5, 5.41) is 3.11. The molecule has 0 unspecified atom stereocenters. The molecule has 0 aromatic heterocycles. The van der Waals surface area contributed by atoms with Crippen molar-refractivity contribution in [3.8, 4) is 0 Å². The van der Waals surface area contributed by atoms with Gasteiger partial charge in [0.15, 0.2) is 5.96 Å². The van der Waals surface area contributed by atoms with Crippen molar-refractivity contribution in [2.45, 2.75) is 13.3 Å². The van der Waals surface area contributed by atoms with E-state index in [1.807, 2.05) is 32.3 Å². The summed E-state index contributed by atoms with van der Waals surface area (Å²) in [6.45, 7) is 2.72. The van der Waals surface area contributed by atoms with E-state index in [1.165, 1.54) is 16.8 Å². The number of nitrogens with zero attached hydrogens (tertiary/aromatic N) is 2. The molecule has 3 N–H and O–H groups in total. The first-order valence-electron chi connectivity index (χ1n) is 7.44. The summed E-state index contributed by atoms with van der Waals surface area (Å²) in [4.78, 5) is 6.46. The number of nitrogens with one attached hydrogen (secondary N) is 1. The van der Waals surface area contributed by atoms with Gasteiger partial charge in [0.25, 0.3) is 0 Å². The third-order valence-corrected chi connectivity index (χ3v) is 3.43. The molecule has 0 spiro atoms. The molecule has 0 aliphatic rings. The van der Waals surface area contributed by atoms with E-state index in [0.717, 1.165) is 12.1 Å². The highest BCUT2D eigenvalue weighted by Crippen LogP contribution is 2.12. The van der Waals surface area contributed by atoms with Crippen LogP contribution in [0.2, 0.25) is 0 Å². The summed E-state index contributed by atoms with van der Waals surface area (Å²) in [6.07, 6.45) is 0.879. The predicted molar refractivity (Wildman–Crippen MR) is 95.8 cm³/mol. The van der Waals surface area contributed by atoms with E-state index >= 15 is 0 Å². The second-order valence-electron chi connectivity index (χ2n) is 5.57. The highest BCUT2D eigenvalue weighted by Gasteiger charge is 1.98. The van der Waals surface area contributed by atoms with Crippen molar-refractivity contribution in [1.29, 1.82) is 0 Å². The van der Waals surface area contributed by atoms with E-state index in [9.17, 15) is 0 Å². The first-order valence-corrected chi connectivity index (χ1v) is 7.44. The first kappa shape index (κ1) is 15.9. The lowest BCUT2D eigenvalue weighted by molar-refractivity contribution is 0.963. The van der Waals surface area contributed by atoms with Crippen LogP contribution in [-0.2, 0) is 6.42 Å². The molecule has 4 nitrogen and oxygen atoms in total. The molecule has 0 bridgehead atoms. The molecular weight excluding hydrogens is 272 g/mol. The van der Waals surface area contributed by atoms with Crippen LogP contribution in [0.3, 0.4) is 0 Å². The Labute approximate surface area is 132 Å². The van der Waals surface area contributed by atoms with Gasteiger partial charge < -0.3 is 16.0 Å². The zero-order chi connectivity index (χ0) is 15.9. The molecule has 0 saturated carbocycles. The summed E-state index contributed by atoms with van der Waals surface area (Å²) in [5.41, 5.74) is 10.5. The lowest BCUT2D eigenvalue weighted by atomic mass is 10.1. The molecular formula is C18H24N4. The van der Waals surface area contributed by atoms with Gasteiger partial charge in [-0.2, -0.15) is 0 Å². The van der Waals surface area contributed by atoms with Crippen LogP contribution < -0.4 is 16.0 Å². The lowest BCUT2D eigenvalue weighted by Crippen LogP contribution is -2.23. The molecule has 0 atom stereocenters. The predicted octanol–water partition coefficient (Wildman–Crippen LogP) is 3.03. The Bertz CT molecular complexity index is 630. The van der Waals surface area contributed by atoms with Gasteiger partial charge in [0.2, 0.25) is 0 Å². The maximum absolute atomic E-state index is 5.92. The number of aliphatic imine (C=N–C) groups is 1. The van der Waals surface area contributed by atoms with E-state index in [0.29, 0.717) is 12.5 Å². The van der Waals surface area contributed by atoms with Crippen LogP contribution in [0.25, 0.3) is 0 Å². The number of anilines is 2. The van der Waals surface area contributed by atoms with E-state index in [4.69, 9.17) is 5.73 Å². The van der Waals surface area contributed by atoms with Gasteiger partial charge in [0.05, 0.1) is 0 Å². The summed E-state index contributed by atoms with van der Waals surface area (Å²) < 4.78 is 0. The number of benzene rings is 2. The van der Waals surface area contributed by atoms with E-state index < -0.39 is 0 Å². The van der Waals surface area contributed by atoms with Crippen LogP contribution in [0, 0.1) is 6.92 Å². The summed E-state index contributed by atoms with van der Waals surface area (Å²) in [5.74, 6) is 0.454. The van der Waals surface area contributed by atoms with Gasteiger partial charge in [-0.15, -0.1) is 0 Å². The molecule has 0 amide bonds. The maximum atomic E-state index is 5.92. The van der Waals surface area contributed by atoms with Gasteiger partial charge in [-0.25, -0.2) is 0 Å². The Kier molecular flexibility index (Phi) is 5.42. The molecule has 0 heterocycles. The number of aryl methyl sites for hydroxylation is 1. The molecule has 116 valence electrons. The van der Waals surface area contributed by atoms with Crippen molar-refractivity contribution in [2.75, 3.05) is 30.9 Å². The molecule has 0 saturated heterocycles. The molecule has 4 heteroatoms. The Morgan fingerprint density at radius 1 is 1.14 bits per heavy atom. The Balaban J connectivity index is 1.86. The molecule has 22 heavy (non-hydrogen) atoms. The quantitative estimate of drug-likeness (QED) is 0.658. The van der Waals surface area contributed by atoms with E-state index in [-0.39, 0.29) is 0 Å². The minimum atomic E-state index is 0.454. The highest BCUT2D eigenvalue weighted by atomic mass is 15.1. The minimum Gasteiger partial charge on any atom is -0.378 e. The zero-order valence-electron chi connectivity index (χ0n) is 13.5. The summed E-state index contributed by atoms with van der Waals surface area (Å²) >= 11 is 0. The fourth-order valence-corrected chi connectivity index (χ4v) is 2.18. The summed E-state index contributed by atoms with van der Waals surface area (Å²) in [6, 6.07) is 16.6. The van der Waals surface area contributed by atoms with Crippen LogP contribution >= 0.6 is 0 Å². The molecule has 0 aliphatic heterocycles. The fraction of sp³-hybridized carbons (Fsp3) is 0.278. The van der Waals surface area contributed by atoms with Crippen molar-refractivity contribution >= 4 is 17.3 Å². The van der Waals surface area contributed by atoms with Crippen LogP contribution in [0.4, 0.5) is 11.4 Å². The van der Waals surface area contributed by atoms with Crippen molar-refractivity contribution in [3.05, 3.63) is 59.7 Å². The van der Waals surface area contributed by atoms with Crippen molar-refractivity contribution in [3.63, 3.8) is 0 Å². The normalized spacial score (nSPS) is 11.3. The monoisotopic (exact) mass is 296 g/mol. The topological polar surface area (TPSA) is 53.6 Å². The van der Waals surface area contributed by atoms with Gasteiger partial charge >= 0.3 is 0 Å². The smallest absolute Gasteiger partial charge is 0.193 e. The van der Waals surface area contributed by atoms with Crippen LogP contribution in [0.5, 0.6) is 0 Å². The fourth-order valence-electron chi connectivity index (χ4n) is 2.18. The second kappa shape index (κ2) is 7.50. The Morgan fingerprint density at radius 3 is 2.50 bits per heavy atom. The SMILES string of the molecule is Cc1cccc(NC(N)=NCCc2ccc(N(C)C)cc2)c1. The molecule has 2 aromatic carbocycles. The Morgan fingerprint density at radius 2 is 1.86 bits per heavy atom. The third kappa shape index (κ3) is 4.81. The average molecular weight is 296 g/mol. The largest absolute Gasteiger partial charge is 0.378 e. The van der Waals surface area contributed by atoms with Gasteiger partial charge in [0.1, 0.15) is 0 Å². The number of hydrogen-bond donors (Lipinski definition) is 2. The van der Waals surface area contributed by atoms with Gasteiger partial charge in [-0.1, -0.05) is 24.3 Å². The standard InChI is InChI=1S/C18H24N4/c1-14-5-4-6-16(13-14)21-18(19)20-12-11-15-7-9-17(10-8-15)22(2)3/h4-10,13H,11-12H2,1-3H3,(H3,19,20,21). The van der Waals surface area contributed by atoms with Crippen molar-refractivity contribution < 1.29 is 0 Å². The number of rotatable bonds is 5. The van der Waals surface area contributed by atoms with Crippen molar-refractivity contribution in [1.82, 2.24) is 0 Å². The lowest BCUT2D eigenvalue weighted by Gasteiger charge is -2.12. The molecule has 0 aliphatic carbocycles. The first-order chi connectivity index (χ1) is 10.5. The van der Waals surface area contributed by atoms with Gasteiger partial charge in [-0.3, -0.25) is 4.99 Å². The molecule has 2 rings (SSSR count). The summed E-state index contributed by atoms with van der Waals surface area (Å²) in [7, 11) is 4.08. The van der Waals surface area contributed by atoms with Crippen LogP contribution in [0.1, 0.15) is 11.1 Å². The highest BCUT2D eigenvalue weighted by molar-refractivity contribution is 5.92. The molecule has 2 aromatic rings. The zero-order valence-corrected chi connectivity index (χ0v) is 13.5. The molecule has 0 radical (unpaired) electrons. The van der Waals surface area contributed by atoms with Crippen LogP contribution in [-0.4, -0.2) is 26.6 Å². The number of hydrogen-bond acceptors (Lipinski definition) is 2. The van der Waals surface area contributed by atoms with Gasteiger partial charge in [-0.05, 0) is 48.7 Å². The van der Waals surface area contributed by atoms with Crippen molar-refractivity contribution in [2.24, 2.45) is 10.7 Å².